The lowest BCUT2D eigenvalue weighted by molar-refractivity contribution is -0.145. The zero-order valence-corrected chi connectivity index (χ0v) is 23.4. The molecule has 2 aromatic carbocycles. The summed E-state index contributed by atoms with van der Waals surface area (Å²) in [6, 6.07) is 21.6. The zero-order valence-electron chi connectivity index (χ0n) is 23.4. The molecule has 2 saturated heterocycles. The molecule has 1 N–H and O–H groups in total. The van der Waals surface area contributed by atoms with Crippen LogP contribution in [0, 0.1) is 17.8 Å². The quantitative estimate of drug-likeness (QED) is 0.368. The number of rotatable bonds is 10. The highest BCUT2D eigenvalue weighted by molar-refractivity contribution is 5.74. The molecule has 0 spiro atoms. The maximum absolute atomic E-state index is 12.5. The van der Waals surface area contributed by atoms with Crippen molar-refractivity contribution < 1.29 is 9.90 Å². The minimum atomic E-state index is -0.602. The SMILES string of the molecule is CC(CCC1CCN(CC2CN(C(C(=O)O)C3CCCCC3)CC2c2ccccc2)CC1)c1ccccc1. The molecule has 0 radical (unpaired) electrons. The van der Waals surface area contributed by atoms with Crippen molar-refractivity contribution in [3.63, 3.8) is 0 Å². The highest BCUT2D eigenvalue weighted by Gasteiger charge is 2.43. The average molecular weight is 517 g/mol. The number of hydrogen-bond acceptors (Lipinski definition) is 3. The van der Waals surface area contributed by atoms with Gasteiger partial charge >= 0.3 is 5.97 Å². The lowest BCUT2D eigenvalue weighted by Crippen LogP contribution is -2.46. The Kier molecular flexibility index (Phi) is 9.56. The third-order valence-corrected chi connectivity index (χ3v) is 10.0. The fraction of sp³-hybridized carbons (Fsp3) is 0.618. The highest BCUT2D eigenvalue weighted by atomic mass is 16.4. The van der Waals surface area contributed by atoms with Crippen LogP contribution in [0.1, 0.15) is 87.7 Å². The molecule has 2 aliphatic heterocycles. The molecule has 1 saturated carbocycles. The predicted molar refractivity (Wildman–Crippen MR) is 155 cm³/mol. The Labute approximate surface area is 230 Å². The van der Waals surface area contributed by atoms with Crippen molar-refractivity contribution in [2.45, 2.75) is 82.6 Å². The topological polar surface area (TPSA) is 43.8 Å². The van der Waals surface area contributed by atoms with Gasteiger partial charge in [-0.05, 0) is 86.4 Å². The van der Waals surface area contributed by atoms with Gasteiger partial charge in [-0.1, -0.05) is 86.8 Å². The molecular weight excluding hydrogens is 468 g/mol. The molecule has 0 aromatic heterocycles. The molecule has 0 amide bonds. The van der Waals surface area contributed by atoms with Gasteiger partial charge in [0.05, 0.1) is 0 Å². The van der Waals surface area contributed by atoms with Crippen molar-refractivity contribution >= 4 is 5.97 Å². The Bertz CT molecular complexity index is 982. The molecule has 3 fully saturated rings. The molecule has 4 heteroatoms. The molecule has 2 aromatic rings. The van der Waals surface area contributed by atoms with Gasteiger partial charge in [0.15, 0.2) is 0 Å². The normalized spacial score (nSPS) is 25.8. The summed E-state index contributed by atoms with van der Waals surface area (Å²) in [4.78, 5) is 17.6. The van der Waals surface area contributed by atoms with Gasteiger partial charge < -0.3 is 10.0 Å². The largest absolute Gasteiger partial charge is 0.480 e. The van der Waals surface area contributed by atoms with Gasteiger partial charge in [0.25, 0.3) is 0 Å². The number of hydrogen-bond donors (Lipinski definition) is 1. The molecule has 0 bridgehead atoms. The van der Waals surface area contributed by atoms with Crippen LogP contribution in [0.25, 0.3) is 0 Å². The van der Waals surface area contributed by atoms with Gasteiger partial charge in [-0.2, -0.15) is 0 Å². The van der Waals surface area contributed by atoms with Crippen LogP contribution in [0.3, 0.4) is 0 Å². The first-order valence-corrected chi connectivity index (χ1v) is 15.4. The summed E-state index contributed by atoms with van der Waals surface area (Å²) < 4.78 is 0. The number of aliphatic carboxylic acids is 1. The van der Waals surface area contributed by atoms with E-state index in [-0.39, 0.29) is 6.04 Å². The highest BCUT2D eigenvalue weighted by Crippen LogP contribution is 2.39. The summed E-state index contributed by atoms with van der Waals surface area (Å²) in [5.41, 5.74) is 2.85. The number of carboxylic acid groups (broad SMARTS) is 1. The molecule has 4 unspecified atom stereocenters. The number of piperidine rings is 1. The third-order valence-electron chi connectivity index (χ3n) is 10.0. The van der Waals surface area contributed by atoms with E-state index in [0.29, 0.717) is 23.7 Å². The van der Waals surface area contributed by atoms with Gasteiger partial charge in [-0.3, -0.25) is 9.69 Å². The standard InChI is InChI=1S/C34H48N2O2/c1-26(28-11-5-2-6-12-28)17-18-27-19-21-35(22-20-27)23-31-24-36(25-32(31)29-13-7-3-8-14-29)33(34(37)38)30-15-9-4-10-16-30/h2-3,5-8,11-14,26-27,30-33H,4,9-10,15-25H2,1H3,(H,37,38). The molecule has 4 nitrogen and oxygen atoms in total. The van der Waals surface area contributed by atoms with Crippen LogP contribution in [0.2, 0.25) is 0 Å². The average Bonchev–Trinajstić information content (AvgIpc) is 3.36. The zero-order chi connectivity index (χ0) is 26.3. The fourth-order valence-corrected chi connectivity index (χ4v) is 7.72. The first kappa shape index (κ1) is 27.4. The number of likely N-dealkylation sites (tertiary alicyclic amines) is 2. The smallest absolute Gasteiger partial charge is 0.321 e. The first-order chi connectivity index (χ1) is 18.6. The number of benzene rings is 2. The van der Waals surface area contributed by atoms with Crippen LogP contribution in [0.15, 0.2) is 60.7 Å². The van der Waals surface area contributed by atoms with Gasteiger partial charge in [0.2, 0.25) is 0 Å². The summed E-state index contributed by atoms with van der Waals surface area (Å²) in [6.07, 6.45) is 11.0. The molecule has 2 heterocycles. The Balaban J connectivity index is 1.18. The van der Waals surface area contributed by atoms with E-state index < -0.39 is 5.97 Å². The maximum atomic E-state index is 12.5. The van der Waals surface area contributed by atoms with Gasteiger partial charge in [-0.15, -0.1) is 0 Å². The van der Waals surface area contributed by atoms with Gasteiger partial charge in [0, 0.05) is 25.6 Å². The summed E-state index contributed by atoms with van der Waals surface area (Å²) in [5, 5.41) is 10.3. The van der Waals surface area contributed by atoms with E-state index in [9.17, 15) is 9.90 Å². The maximum Gasteiger partial charge on any atom is 0.321 e. The molecular formula is C34H48N2O2. The van der Waals surface area contributed by atoms with Crippen molar-refractivity contribution in [3.8, 4) is 0 Å². The van der Waals surface area contributed by atoms with Crippen molar-refractivity contribution in [1.29, 1.82) is 0 Å². The molecule has 3 aliphatic rings. The molecule has 206 valence electrons. The van der Waals surface area contributed by atoms with Crippen molar-refractivity contribution in [1.82, 2.24) is 9.80 Å². The minimum absolute atomic E-state index is 0.311. The molecule has 5 rings (SSSR count). The van der Waals surface area contributed by atoms with E-state index in [1.165, 1.54) is 69.2 Å². The summed E-state index contributed by atoms with van der Waals surface area (Å²) >= 11 is 0. The number of carbonyl (C=O) groups is 1. The van der Waals surface area contributed by atoms with Crippen molar-refractivity contribution in [2.75, 3.05) is 32.7 Å². The monoisotopic (exact) mass is 516 g/mol. The Morgan fingerprint density at radius 2 is 1.55 bits per heavy atom. The fourth-order valence-electron chi connectivity index (χ4n) is 7.72. The van der Waals surface area contributed by atoms with E-state index in [1.54, 1.807) is 0 Å². The Morgan fingerprint density at radius 3 is 2.21 bits per heavy atom. The van der Waals surface area contributed by atoms with Crippen molar-refractivity contribution in [2.24, 2.45) is 17.8 Å². The number of nitrogens with zero attached hydrogens (tertiary/aromatic N) is 2. The van der Waals surface area contributed by atoms with Crippen LogP contribution in [0.5, 0.6) is 0 Å². The molecule has 4 atom stereocenters. The molecule has 38 heavy (non-hydrogen) atoms. The predicted octanol–water partition coefficient (Wildman–Crippen LogP) is 7.03. The summed E-state index contributed by atoms with van der Waals surface area (Å²) in [5.74, 6) is 2.10. The van der Waals surface area contributed by atoms with Gasteiger partial charge in [-0.25, -0.2) is 0 Å². The van der Waals surface area contributed by atoms with E-state index in [1.807, 2.05) is 0 Å². The lowest BCUT2D eigenvalue weighted by atomic mass is 9.83. The lowest BCUT2D eigenvalue weighted by Gasteiger charge is -2.35. The van der Waals surface area contributed by atoms with E-state index in [4.69, 9.17) is 0 Å². The van der Waals surface area contributed by atoms with Crippen LogP contribution in [0.4, 0.5) is 0 Å². The third kappa shape index (κ3) is 6.87. The van der Waals surface area contributed by atoms with E-state index in [2.05, 4.69) is 77.4 Å². The van der Waals surface area contributed by atoms with E-state index >= 15 is 0 Å². The van der Waals surface area contributed by atoms with Gasteiger partial charge in [0.1, 0.15) is 6.04 Å². The Hall–Kier alpha value is -2.17. The van der Waals surface area contributed by atoms with Crippen LogP contribution in [-0.2, 0) is 4.79 Å². The molecule has 1 aliphatic carbocycles. The van der Waals surface area contributed by atoms with Crippen LogP contribution >= 0.6 is 0 Å². The second-order valence-corrected chi connectivity index (χ2v) is 12.5. The second-order valence-electron chi connectivity index (χ2n) is 12.5. The van der Waals surface area contributed by atoms with Crippen molar-refractivity contribution in [3.05, 3.63) is 71.8 Å². The van der Waals surface area contributed by atoms with E-state index in [0.717, 1.165) is 38.4 Å². The minimum Gasteiger partial charge on any atom is -0.480 e. The first-order valence-electron chi connectivity index (χ1n) is 15.4. The second kappa shape index (κ2) is 13.3. The number of carboxylic acids is 1. The Morgan fingerprint density at radius 1 is 0.895 bits per heavy atom. The summed E-state index contributed by atoms with van der Waals surface area (Å²) in [7, 11) is 0. The summed E-state index contributed by atoms with van der Waals surface area (Å²) in [6.45, 7) is 7.65. The van der Waals surface area contributed by atoms with Crippen LogP contribution < -0.4 is 0 Å². The van der Waals surface area contributed by atoms with Crippen LogP contribution in [-0.4, -0.2) is 59.6 Å².